The Balaban J connectivity index is 2.36. The normalized spacial score (nSPS) is 25.7. The molecule has 1 aliphatic rings. The molecule has 3 nitrogen and oxygen atoms in total. The summed E-state index contributed by atoms with van der Waals surface area (Å²) in [7, 11) is 3.43. The van der Waals surface area contributed by atoms with E-state index < -0.39 is 0 Å². The first-order valence-corrected chi connectivity index (χ1v) is 5.23. The Bertz CT molecular complexity index is 327. The standard InChI is InChI=1S/C12H17NO2/c1-14-11-10-6-4-3-5-9(10)7-8-13-12(11)15-2/h3-6,11-13H,7-8H2,1-2H3. The fraction of sp³-hybridized carbons (Fsp3) is 0.500. The predicted molar refractivity (Wildman–Crippen MR) is 58.7 cm³/mol. The minimum absolute atomic E-state index is 0.0197. The smallest absolute Gasteiger partial charge is 0.138 e. The number of ether oxygens (including phenoxy) is 2. The van der Waals surface area contributed by atoms with E-state index in [9.17, 15) is 0 Å². The first kappa shape index (κ1) is 10.6. The zero-order valence-corrected chi connectivity index (χ0v) is 9.19. The van der Waals surface area contributed by atoms with Gasteiger partial charge in [-0.2, -0.15) is 0 Å². The van der Waals surface area contributed by atoms with Gasteiger partial charge in [-0.05, 0) is 17.5 Å². The molecule has 1 N–H and O–H groups in total. The lowest BCUT2D eigenvalue weighted by molar-refractivity contribution is -0.0522. The fourth-order valence-electron chi connectivity index (χ4n) is 2.12. The molecule has 0 aliphatic carbocycles. The van der Waals surface area contributed by atoms with Crippen LogP contribution in [0.2, 0.25) is 0 Å². The summed E-state index contributed by atoms with van der Waals surface area (Å²) in [6.07, 6.45) is 0.947. The molecule has 15 heavy (non-hydrogen) atoms. The van der Waals surface area contributed by atoms with Gasteiger partial charge in [0.05, 0.1) is 0 Å². The van der Waals surface area contributed by atoms with Crippen molar-refractivity contribution < 1.29 is 9.47 Å². The lowest BCUT2D eigenvalue weighted by Crippen LogP contribution is -2.36. The summed E-state index contributed by atoms with van der Waals surface area (Å²) in [6.45, 7) is 0.926. The van der Waals surface area contributed by atoms with Gasteiger partial charge in [-0.3, -0.25) is 5.32 Å². The number of methoxy groups -OCH3 is 2. The maximum absolute atomic E-state index is 5.51. The Kier molecular flexibility index (Phi) is 3.36. The van der Waals surface area contributed by atoms with Crippen LogP contribution in [0.15, 0.2) is 24.3 Å². The van der Waals surface area contributed by atoms with Crippen molar-refractivity contribution in [3.63, 3.8) is 0 Å². The third-order valence-electron chi connectivity index (χ3n) is 2.88. The summed E-state index contributed by atoms with van der Waals surface area (Å²) >= 11 is 0. The zero-order chi connectivity index (χ0) is 10.7. The molecule has 0 amide bonds. The molecule has 0 saturated heterocycles. The summed E-state index contributed by atoms with van der Waals surface area (Å²) in [5.74, 6) is 0. The van der Waals surface area contributed by atoms with Gasteiger partial charge in [0.1, 0.15) is 12.3 Å². The number of rotatable bonds is 2. The first-order valence-electron chi connectivity index (χ1n) is 5.23. The summed E-state index contributed by atoms with van der Waals surface area (Å²) < 4.78 is 10.9. The molecule has 1 aliphatic heterocycles. The number of benzene rings is 1. The molecule has 1 heterocycles. The van der Waals surface area contributed by atoms with Crippen molar-refractivity contribution in [1.82, 2.24) is 5.32 Å². The van der Waals surface area contributed by atoms with E-state index in [2.05, 4.69) is 23.5 Å². The minimum Gasteiger partial charge on any atom is -0.373 e. The molecule has 3 heteroatoms. The van der Waals surface area contributed by atoms with E-state index in [0.29, 0.717) is 0 Å². The van der Waals surface area contributed by atoms with Gasteiger partial charge in [-0.25, -0.2) is 0 Å². The molecule has 1 aromatic rings. The summed E-state index contributed by atoms with van der Waals surface area (Å²) in [5, 5.41) is 3.33. The van der Waals surface area contributed by atoms with Crippen molar-refractivity contribution in [2.45, 2.75) is 18.8 Å². The van der Waals surface area contributed by atoms with Crippen molar-refractivity contribution in [1.29, 1.82) is 0 Å². The van der Waals surface area contributed by atoms with E-state index in [1.807, 2.05) is 6.07 Å². The average Bonchev–Trinajstić information content (AvgIpc) is 2.47. The predicted octanol–water partition coefficient (Wildman–Crippen LogP) is 1.49. The quantitative estimate of drug-likeness (QED) is 0.797. The Morgan fingerprint density at radius 2 is 2.00 bits per heavy atom. The van der Waals surface area contributed by atoms with Crippen LogP contribution in [0, 0.1) is 0 Å². The van der Waals surface area contributed by atoms with E-state index in [1.165, 1.54) is 11.1 Å². The lowest BCUT2D eigenvalue weighted by Gasteiger charge is -2.24. The number of fused-ring (bicyclic) bond motifs is 1. The number of hydrogen-bond acceptors (Lipinski definition) is 3. The third kappa shape index (κ3) is 2.04. The van der Waals surface area contributed by atoms with E-state index in [-0.39, 0.29) is 12.3 Å². The lowest BCUT2D eigenvalue weighted by atomic mass is 10.0. The second kappa shape index (κ2) is 4.75. The van der Waals surface area contributed by atoms with Crippen molar-refractivity contribution in [2.75, 3.05) is 20.8 Å². The highest BCUT2D eigenvalue weighted by molar-refractivity contribution is 5.31. The van der Waals surface area contributed by atoms with Crippen LogP contribution in [0.4, 0.5) is 0 Å². The maximum Gasteiger partial charge on any atom is 0.138 e. The second-order valence-electron chi connectivity index (χ2n) is 3.72. The van der Waals surface area contributed by atoms with Gasteiger partial charge < -0.3 is 9.47 Å². The van der Waals surface area contributed by atoms with Crippen molar-refractivity contribution in [2.24, 2.45) is 0 Å². The first-order chi connectivity index (χ1) is 7.36. The van der Waals surface area contributed by atoms with Crippen LogP contribution in [-0.2, 0) is 15.9 Å². The average molecular weight is 207 g/mol. The van der Waals surface area contributed by atoms with Crippen LogP contribution >= 0.6 is 0 Å². The topological polar surface area (TPSA) is 30.5 Å². The van der Waals surface area contributed by atoms with Gasteiger partial charge >= 0.3 is 0 Å². The molecule has 0 aromatic heterocycles. The van der Waals surface area contributed by atoms with Crippen LogP contribution in [0.25, 0.3) is 0 Å². The molecule has 0 fully saturated rings. The van der Waals surface area contributed by atoms with Crippen molar-refractivity contribution >= 4 is 0 Å². The maximum atomic E-state index is 5.51. The second-order valence-corrected chi connectivity index (χ2v) is 3.72. The molecule has 2 rings (SSSR count). The molecular formula is C12H17NO2. The molecule has 2 atom stereocenters. The summed E-state index contributed by atoms with van der Waals surface area (Å²) in [5.41, 5.74) is 2.58. The highest BCUT2D eigenvalue weighted by atomic mass is 16.5. The highest BCUT2D eigenvalue weighted by Gasteiger charge is 2.26. The Morgan fingerprint density at radius 3 is 2.73 bits per heavy atom. The Morgan fingerprint density at radius 1 is 1.20 bits per heavy atom. The largest absolute Gasteiger partial charge is 0.373 e. The molecule has 0 bridgehead atoms. The highest BCUT2D eigenvalue weighted by Crippen LogP contribution is 2.27. The summed E-state index contributed by atoms with van der Waals surface area (Å²) in [6, 6.07) is 8.38. The molecule has 0 spiro atoms. The van der Waals surface area contributed by atoms with Crippen LogP contribution in [-0.4, -0.2) is 27.0 Å². The molecule has 82 valence electrons. The van der Waals surface area contributed by atoms with Gasteiger partial charge in [-0.15, -0.1) is 0 Å². The molecular weight excluding hydrogens is 190 g/mol. The van der Waals surface area contributed by atoms with Crippen molar-refractivity contribution in [3.8, 4) is 0 Å². The Labute approximate surface area is 90.4 Å². The van der Waals surface area contributed by atoms with E-state index >= 15 is 0 Å². The van der Waals surface area contributed by atoms with Crippen molar-refractivity contribution in [3.05, 3.63) is 35.4 Å². The van der Waals surface area contributed by atoms with Crippen LogP contribution in [0.1, 0.15) is 17.2 Å². The van der Waals surface area contributed by atoms with E-state index in [1.54, 1.807) is 14.2 Å². The Hall–Kier alpha value is -0.900. The SMILES string of the molecule is COC1NCCc2ccccc2C1OC. The van der Waals surface area contributed by atoms with Crippen LogP contribution in [0.3, 0.4) is 0 Å². The van der Waals surface area contributed by atoms with Gasteiger partial charge in [-0.1, -0.05) is 24.3 Å². The fourth-order valence-corrected chi connectivity index (χ4v) is 2.12. The van der Waals surface area contributed by atoms with Gasteiger partial charge in [0.25, 0.3) is 0 Å². The van der Waals surface area contributed by atoms with Gasteiger partial charge in [0.2, 0.25) is 0 Å². The van der Waals surface area contributed by atoms with Gasteiger partial charge in [0, 0.05) is 20.8 Å². The summed E-state index contributed by atoms with van der Waals surface area (Å²) in [4.78, 5) is 0. The van der Waals surface area contributed by atoms with E-state index in [4.69, 9.17) is 9.47 Å². The molecule has 0 saturated carbocycles. The number of nitrogens with one attached hydrogen (secondary N) is 1. The molecule has 1 aromatic carbocycles. The third-order valence-corrected chi connectivity index (χ3v) is 2.88. The monoisotopic (exact) mass is 207 g/mol. The zero-order valence-electron chi connectivity index (χ0n) is 9.19. The van der Waals surface area contributed by atoms with E-state index in [0.717, 1.165) is 13.0 Å². The van der Waals surface area contributed by atoms with Gasteiger partial charge in [0.15, 0.2) is 0 Å². The molecule has 2 unspecified atom stereocenters. The minimum atomic E-state index is -0.0568. The van der Waals surface area contributed by atoms with Crippen LogP contribution in [0.5, 0.6) is 0 Å². The van der Waals surface area contributed by atoms with Crippen LogP contribution < -0.4 is 5.32 Å². The number of hydrogen-bond donors (Lipinski definition) is 1. The molecule has 0 radical (unpaired) electrons.